The van der Waals surface area contributed by atoms with E-state index in [-0.39, 0.29) is 6.04 Å². The second-order valence-electron chi connectivity index (χ2n) is 6.29. The van der Waals surface area contributed by atoms with Gasteiger partial charge in [-0.15, -0.1) is 0 Å². The summed E-state index contributed by atoms with van der Waals surface area (Å²) in [6.45, 7) is 7.35. The van der Waals surface area contributed by atoms with Crippen molar-refractivity contribution < 1.29 is 0 Å². The summed E-state index contributed by atoms with van der Waals surface area (Å²) in [6.07, 6.45) is 6.42. The van der Waals surface area contributed by atoms with Gasteiger partial charge in [0.1, 0.15) is 0 Å². The van der Waals surface area contributed by atoms with Gasteiger partial charge in [0.15, 0.2) is 0 Å². The van der Waals surface area contributed by atoms with Crippen molar-refractivity contribution in [3.63, 3.8) is 0 Å². The Morgan fingerprint density at radius 1 is 1.50 bits per heavy atom. The molecule has 0 saturated carbocycles. The van der Waals surface area contributed by atoms with E-state index in [1.807, 2.05) is 12.5 Å². The Hall–Kier alpha value is -0.910. The highest BCUT2D eigenvalue weighted by Gasteiger charge is 2.28. The van der Waals surface area contributed by atoms with Crippen molar-refractivity contribution in [3.8, 4) is 0 Å². The first-order valence-corrected chi connectivity index (χ1v) is 7.66. The van der Waals surface area contributed by atoms with Crippen molar-refractivity contribution in [1.82, 2.24) is 19.4 Å². The lowest BCUT2D eigenvalue weighted by molar-refractivity contribution is 0.0975. The molecule has 0 aromatic carbocycles. The Balaban J connectivity index is 2.16. The summed E-state index contributed by atoms with van der Waals surface area (Å²) in [5.74, 6) is 0. The molecule has 2 N–H and O–H groups in total. The predicted molar refractivity (Wildman–Crippen MR) is 82.7 cm³/mol. The second kappa shape index (κ2) is 6.70. The van der Waals surface area contributed by atoms with Crippen LogP contribution in [0.2, 0.25) is 0 Å². The van der Waals surface area contributed by atoms with Gasteiger partial charge in [0.2, 0.25) is 0 Å². The van der Waals surface area contributed by atoms with E-state index in [9.17, 15) is 0 Å². The summed E-state index contributed by atoms with van der Waals surface area (Å²) in [4.78, 5) is 9.19. The summed E-state index contributed by atoms with van der Waals surface area (Å²) in [5.41, 5.74) is 7.31. The Morgan fingerprint density at radius 2 is 2.25 bits per heavy atom. The number of hydrogen-bond donors (Lipinski definition) is 1. The van der Waals surface area contributed by atoms with Gasteiger partial charge in [-0.05, 0) is 47.3 Å². The van der Waals surface area contributed by atoms with Gasteiger partial charge in [0.25, 0.3) is 0 Å². The van der Waals surface area contributed by atoms with Crippen LogP contribution in [0.15, 0.2) is 12.5 Å². The first-order chi connectivity index (χ1) is 9.54. The fourth-order valence-electron chi connectivity index (χ4n) is 3.23. The van der Waals surface area contributed by atoms with Crippen molar-refractivity contribution in [2.45, 2.75) is 44.8 Å². The zero-order valence-corrected chi connectivity index (χ0v) is 13.3. The quantitative estimate of drug-likeness (QED) is 0.887. The fourth-order valence-corrected chi connectivity index (χ4v) is 3.23. The SMILES string of the molecule is CC(C)n1cncc1C(CN)N(C)C1CCCN(C)C1. The molecule has 0 bridgehead atoms. The summed E-state index contributed by atoms with van der Waals surface area (Å²) >= 11 is 0. The lowest BCUT2D eigenvalue weighted by atomic mass is 10.0. The van der Waals surface area contributed by atoms with Crippen LogP contribution in [0.4, 0.5) is 0 Å². The minimum atomic E-state index is 0.247. The van der Waals surface area contributed by atoms with Gasteiger partial charge in [-0.1, -0.05) is 0 Å². The van der Waals surface area contributed by atoms with Gasteiger partial charge in [-0.2, -0.15) is 0 Å². The van der Waals surface area contributed by atoms with Crippen LogP contribution in [-0.4, -0.2) is 59.1 Å². The number of likely N-dealkylation sites (N-methyl/N-ethyl adjacent to an activating group) is 2. The molecular formula is C15H29N5. The molecule has 2 heterocycles. The van der Waals surface area contributed by atoms with E-state index in [1.165, 1.54) is 25.1 Å². The molecule has 1 aliphatic rings. The highest BCUT2D eigenvalue weighted by atomic mass is 15.2. The number of aromatic nitrogens is 2. The Labute approximate surface area is 122 Å². The normalized spacial score (nSPS) is 22.6. The maximum absolute atomic E-state index is 6.08. The molecule has 114 valence electrons. The molecule has 2 rings (SSSR count). The smallest absolute Gasteiger partial charge is 0.0951 e. The van der Waals surface area contributed by atoms with Gasteiger partial charge >= 0.3 is 0 Å². The van der Waals surface area contributed by atoms with Crippen LogP contribution in [0.25, 0.3) is 0 Å². The van der Waals surface area contributed by atoms with Crippen LogP contribution in [0, 0.1) is 0 Å². The zero-order chi connectivity index (χ0) is 14.7. The maximum Gasteiger partial charge on any atom is 0.0951 e. The topological polar surface area (TPSA) is 50.3 Å². The van der Waals surface area contributed by atoms with Crippen LogP contribution in [0.1, 0.15) is 44.5 Å². The van der Waals surface area contributed by atoms with E-state index in [0.29, 0.717) is 18.6 Å². The van der Waals surface area contributed by atoms with Gasteiger partial charge in [-0.3, -0.25) is 4.90 Å². The third-order valence-corrected chi connectivity index (χ3v) is 4.48. The van der Waals surface area contributed by atoms with Crippen LogP contribution >= 0.6 is 0 Å². The number of imidazole rings is 1. The molecule has 5 nitrogen and oxygen atoms in total. The molecule has 0 spiro atoms. The molecule has 0 amide bonds. The van der Waals surface area contributed by atoms with Crippen LogP contribution in [-0.2, 0) is 0 Å². The van der Waals surface area contributed by atoms with Crippen molar-refractivity contribution in [2.24, 2.45) is 5.73 Å². The number of piperidine rings is 1. The maximum atomic E-state index is 6.08. The average Bonchev–Trinajstić information content (AvgIpc) is 2.89. The number of likely N-dealkylation sites (tertiary alicyclic amines) is 1. The molecule has 5 heteroatoms. The first-order valence-electron chi connectivity index (χ1n) is 7.66. The van der Waals surface area contributed by atoms with Crippen molar-refractivity contribution in [2.75, 3.05) is 33.7 Å². The molecule has 1 aromatic heterocycles. The Bertz CT molecular complexity index is 414. The van der Waals surface area contributed by atoms with Crippen LogP contribution < -0.4 is 5.73 Å². The average molecular weight is 279 g/mol. The molecule has 1 saturated heterocycles. The minimum absolute atomic E-state index is 0.247. The van der Waals surface area contributed by atoms with Gasteiger partial charge in [-0.25, -0.2) is 4.98 Å². The number of hydrogen-bond acceptors (Lipinski definition) is 4. The number of rotatable bonds is 5. The van der Waals surface area contributed by atoms with E-state index in [0.717, 1.165) is 6.54 Å². The highest BCUT2D eigenvalue weighted by Crippen LogP contribution is 2.26. The first kappa shape index (κ1) is 15.5. The molecular weight excluding hydrogens is 250 g/mol. The Kier molecular flexibility index (Phi) is 5.18. The highest BCUT2D eigenvalue weighted by molar-refractivity contribution is 5.08. The molecule has 0 aliphatic carbocycles. The minimum Gasteiger partial charge on any atom is -0.331 e. The van der Waals surface area contributed by atoms with Gasteiger partial charge < -0.3 is 15.2 Å². The summed E-state index contributed by atoms with van der Waals surface area (Å²) in [5, 5.41) is 0. The predicted octanol–water partition coefficient (Wildman–Crippen LogP) is 1.49. The number of nitrogens with zero attached hydrogens (tertiary/aromatic N) is 4. The van der Waals surface area contributed by atoms with E-state index >= 15 is 0 Å². The lowest BCUT2D eigenvalue weighted by Gasteiger charge is -2.40. The van der Waals surface area contributed by atoms with Crippen LogP contribution in [0.5, 0.6) is 0 Å². The van der Waals surface area contributed by atoms with E-state index in [1.54, 1.807) is 0 Å². The standard InChI is InChI=1S/C15H29N5/c1-12(2)20-11-17-9-15(20)14(8-16)19(4)13-6-5-7-18(3)10-13/h9,11-14H,5-8,10,16H2,1-4H3. The molecule has 2 atom stereocenters. The van der Waals surface area contributed by atoms with E-state index < -0.39 is 0 Å². The molecule has 0 radical (unpaired) electrons. The van der Waals surface area contributed by atoms with E-state index in [2.05, 4.69) is 47.3 Å². The molecule has 20 heavy (non-hydrogen) atoms. The Morgan fingerprint density at radius 3 is 2.85 bits per heavy atom. The van der Waals surface area contributed by atoms with E-state index in [4.69, 9.17) is 5.73 Å². The largest absolute Gasteiger partial charge is 0.331 e. The molecule has 1 aliphatic heterocycles. The second-order valence-corrected chi connectivity index (χ2v) is 6.29. The van der Waals surface area contributed by atoms with Crippen molar-refractivity contribution in [1.29, 1.82) is 0 Å². The summed E-state index contributed by atoms with van der Waals surface area (Å²) in [6, 6.07) is 1.25. The number of nitrogens with two attached hydrogens (primary N) is 1. The van der Waals surface area contributed by atoms with Gasteiger partial charge in [0, 0.05) is 31.4 Å². The lowest BCUT2D eigenvalue weighted by Crippen LogP contribution is -2.48. The molecule has 1 aromatic rings. The molecule has 1 fully saturated rings. The van der Waals surface area contributed by atoms with Crippen LogP contribution in [0.3, 0.4) is 0 Å². The zero-order valence-electron chi connectivity index (χ0n) is 13.3. The summed E-state index contributed by atoms with van der Waals surface area (Å²) < 4.78 is 2.24. The summed E-state index contributed by atoms with van der Waals surface area (Å²) in [7, 11) is 4.41. The van der Waals surface area contributed by atoms with Crippen molar-refractivity contribution >= 4 is 0 Å². The van der Waals surface area contributed by atoms with Gasteiger partial charge in [0.05, 0.1) is 18.1 Å². The molecule has 2 unspecified atom stereocenters. The monoisotopic (exact) mass is 279 g/mol. The fraction of sp³-hybridized carbons (Fsp3) is 0.800. The third-order valence-electron chi connectivity index (χ3n) is 4.48. The van der Waals surface area contributed by atoms with Crippen molar-refractivity contribution in [3.05, 3.63) is 18.2 Å². The third kappa shape index (κ3) is 3.22.